The second-order valence-electron chi connectivity index (χ2n) is 8.57. The minimum Gasteiger partial charge on any atom is -0.445 e. The SMILES string of the molecule is NC(=O)CCCCC[C@H](NC(=O)OCc1ccccc1)c1ncc(-c2ccc3ccccc3c2)[nH]1. The number of alkyl carbamates (subject to hydrolysis) is 1. The standard InChI is InChI=1S/C28H30N4O3/c29-26(33)14-6-2-5-13-24(32-28(34)35-19-20-9-3-1-4-10-20)27-30-18-25(31-27)23-16-15-21-11-7-8-12-22(21)17-23/h1,3-4,7-12,15-18,24H,2,5-6,13-14,19H2,(H2,29,33)(H,30,31)(H,32,34)/t24-/m0/s1. The van der Waals surface area contributed by atoms with Crippen molar-refractivity contribution in [2.24, 2.45) is 5.73 Å². The van der Waals surface area contributed by atoms with Gasteiger partial charge in [0.15, 0.2) is 0 Å². The fraction of sp³-hybridized carbons (Fsp3) is 0.250. The Morgan fingerprint density at radius 2 is 1.71 bits per heavy atom. The summed E-state index contributed by atoms with van der Waals surface area (Å²) in [4.78, 5) is 31.5. The first-order valence-electron chi connectivity index (χ1n) is 11.9. The van der Waals surface area contributed by atoms with Crippen LogP contribution in [0.4, 0.5) is 4.79 Å². The molecule has 35 heavy (non-hydrogen) atoms. The molecule has 7 nitrogen and oxygen atoms in total. The molecule has 1 aromatic heterocycles. The molecule has 0 aliphatic heterocycles. The highest BCUT2D eigenvalue weighted by atomic mass is 16.5. The summed E-state index contributed by atoms with van der Waals surface area (Å²) in [5, 5.41) is 5.27. The van der Waals surface area contributed by atoms with Gasteiger partial charge in [-0.25, -0.2) is 9.78 Å². The summed E-state index contributed by atoms with van der Waals surface area (Å²) in [6.07, 6.45) is 4.67. The first-order valence-corrected chi connectivity index (χ1v) is 11.9. The summed E-state index contributed by atoms with van der Waals surface area (Å²) in [5.41, 5.74) is 8.06. The maximum atomic E-state index is 12.6. The van der Waals surface area contributed by atoms with Crippen molar-refractivity contribution < 1.29 is 14.3 Å². The van der Waals surface area contributed by atoms with Gasteiger partial charge in [0.1, 0.15) is 12.4 Å². The third kappa shape index (κ3) is 6.93. The number of nitrogens with zero attached hydrogens (tertiary/aromatic N) is 1. The highest BCUT2D eigenvalue weighted by Crippen LogP contribution is 2.26. The molecule has 1 heterocycles. The number of nitrogens with two attached hydrogens (primary N) is 1. The van der Waals surface area contributed by atoms with Gasteiger partial charge in [0, 0.05) is 12.0 Å². The summed E-state index contributed by atoms with van der Waals surface area (Å²) in [7, 11) is 0. The molecule has 7 heteroatoms. The summed E-state index contributed by atoms with van der Waals surface area (Å²) < 4.78 is 5.43. The molecule has 0 spiro atoms. The molecule has 4 N–H and O–H groups in total. The largest absolute Gasteiger partial charge is 0.445 e. The zero-order valence-electron chi connectivity index (χ0n) is 19.6. The van der Waals surface area contributed by atoms with E-state index in [-0.39, 0.29) is 18.6 Å². The van der Waals surface area contributed by atoms with Gasteiger partial charge in [-0.1, -0.05) is 79.6 Å². The number of hydrogen-bond acceptors (Lipinski definition) is 4. The Labute approximate surface area is 204 Å². The molecule has 0 bridgehead atoms. The molecule has 4 rings (SSSR count). The molecule has 1 atom stereocenters. The first-order chi connectivity index (χ1) is 17.1. The van der Waals surface area contributed by atoms with Crippen molar-refractivity contribution >= 4 is 22.8 Å². The second-order valence-corrected chi connectivity index (χ2v) is 8.57. The summed E-state index contributed by atoms with van der Waals surface area (Å²) in [5.74, 6) is 0.370. The topological polar surface area (TPSA) is 110 Å². The van der Waals surface area contributed by atoms with Gasteiger partial charge in [-0.15, -0.1) is 0 Å². The van der Waals surface area contributed by atoms with E-state index in [1.165, 1.54) is 5.39 Å². The fourth-order valence-electron chi connectivity index (χ4n) is 4.03. The number of amides is 2. The molecule has 3 aromatic carbocycles. The molecule has 180 valence electrons. The van der Waals surface area contributed by atoms with E-state index >= 15 is 0 Å². The number of H-pyrrole nitrogens is 1. The molecule has 4 aromatic rings. The number of ether oxygens (including phenoxy) is 1. The Balaban J connectivity index is 1.44. The van der Waals surface area contributed by atoms with Gasteiger partial charge in [-0.3, -0.25) is 4.79 Å². The number of nitrogens with one attached hydrogen (secondary N) is 2. The molecular weight excluding hydrogens is 440 g/mol. The van der Waals surface area contributed by atoms with Crippen molar-refractivity contribution in [3.8, 4) is 11.3 Å². The minimum absolute atomic E-state index is 0.193. The van der Waals surface area contributed by atoms with E-state index in [1.807, 2.05) is 42.5 Å². The fourth-order valence-corrected chi connectivity index (χ4v) is 4.03. The number of hydrogen-bond donors (Lipinski definition) is 3. The maximum Gasteiger partial charge on any atom is 0.408 e. The van der Waals surface area contributed by atoms with Crippen LogP contribution in [0.5, 0.6) is 0 Å². The third-order valence-electron chi connectivity index (χ3n) is 5.91. The van der Waals surface area contributed by atoms with Gasteiger partial charge < -0.3 is 20.8 Å². The molecule has 2 amide bonds. The maximum absolute atomic E-state index is 12.6. The zero-order valence-corrected chi connectivity index (χ0v) is 19.6. The molecule has 0 saturated carbocycles. The van der Waals surface area contributed by atoms with Gasteiger partial charge >= 0.3 is 6.09 Å². The van der Waals surface area contributed by atoms with Crippen LogP contribution in [-0.2, 0) is 16.1 Å². The Morgan fingerprint density at radius 1 is 0.943 bits per heavy atom. The lowest BCUT2D eigenvalue weighted by molar-refractivity contribution is -0.118. The number of aromatic nitrogens is 2. The van der Waals surface area contributed by atoms with Crippen LogP contribution in [0.1, 0.15) is 49.5 Å². The van der Waals surface area contributed by atoms with Crippen LogP contribution in [-0.4, -0.2) is 22.0 Å². The Hall–Kier alpha value is -4.13. The molecule has 0 aliphatic rings. The molecule has 0 fully saturated rings. The first kappa shape index (κ1) is 24.0. The van der Waals surface area contributed by atoms with E-state index in [0.717, 1.165) is 41.5 Å². The van der Waals surface area contributed by atoms with Crippen LogP contribution >= 0.6 is 0 Å². The zero-order chi connectivity index (χ0) is 24.5. The lowest BCUT2D eigenvalue weighted by Gasteiger charge is -2.17. The number of unbranched alkanes of at least 4 members (excludes halogenated alkanes) is 2. The number of primary amides is 1. The van der Waals surface area contributed by atoms with Gasteiger partial charge in [0.25, 0.3) is 0 Å². The minimum atomic E-state index is -0.500. The van der Waals surface area contributed by atoms with E-state index in [0.29, 0.717) is 18.7 Å². The van der Waals surface area contributed by atoms with Crippen molar-refractivity contribution in [2.45, 2.75) is 44.8 Å². The summed E-state index contributed by atoms with van der Waals surface area (Å²) in [6.45, 7) is 0.193. The smallest absolute Gasteiger partial charge is 0.408 e. The van der Waals surface area contributed by atoms with Crippen molar-refractivity contribution in [3.63, 3.8) is 0 Å². The highest BCUT2D eigenvalue weighted by molar-refractivity contribution is 5.86. The number of benzene rings is 3. The van der Waals surface area contributed by atoms with Crippen LogP contribution in [0, 0.1) is 0 Å². The van der Waals surface area contributed by atoms with Crippen LogP contribution < -0.4 is 11.1 Å². The number of imidazole rings is 1. The lowest BCUT2D eigenvalue weighted by Crippen LogP contribution is -2.30. The van der Waals surface area contributed by atoms with Crippen molar-refractivity contribution in [1.29, 1.82) is 0 Å². The lowest BCUT2D eigenvalue weighted by atomic mass is 10.1. The summed E-state index contributed by atoms with van der Waals surface area (Å²) >= 11 is 0. The molecule has 0 aliphatic carbocycles. The van der Waals surface area contributed by atoms with Crippen molar-refractivity contribution in [3.05, 3.63) is 90.4 Å². The quantitative estimate of drug-likeness (QED) is 0.247. The predicted molar refractivity (Wildman–Crippen MR) is 136 cm³/mol. The van der Waals surface area contributed by atoms with Gasteiger partial charge in [-0.2, -0.15) is 0 Å². The molecule has 0 radical (unpaired) electrons. The highest BCUT2D eigenvalue weighted by Gasteiger charge is 2.19. The van der Waals surface area contributed by atoms with Crippen LogP contribution in [0.15, 0.2) is 79.0 Å². The Bertz CT molecular complexity index is 1270. The predicted octanol–water partition coefficient (Wildman–Crippen LogP) is 5.63. The van der Waals surface area contributed by atoms with Gasteiger partial charge in [0.05, 0.1) is 17.9 Å². The number of rotatable bonds is 11. The average Bonchev–Trinajstić information content (AvgIpc) is 3.37. The van der Waals surface area contributed by atoms with Crippen LogP contribution in [0.3, 0.4) is 0 Å². The van der Waals surface area contributed by atoms with Crippen LogP contribution in [0.2, 0.25) is 0 Å². The van der Waals surface area contributed by atoms with E-state index in [1.54, 1.807) is 6.20 Å². The number of fused-ring (bicyclic) bond motifs is 1. The third-order valence-corrected chi connectivity index (χ3v) is 5.91. The van der Waals surface area contributed by atoms with E-state index in [4.69, 9.17) is 10.5 Å². The van der Waals surface area contributed by atoms with E-state index in [9.17, 15) is 9.59 Å². The normalized spacial score (nSPS) is 11.8. The Morgan fingerprint density at radius 3 is 2.51 bits per heavy atom. The summed E-state index contributed by atoms with van der Waals surface area (Å²) in [6, 6.07) is 23.7. The average molecular weight is 471 g/mol. The number of aromatic amines is 1. The molecular formula is C28H30N4O3. The molecule has 0 unspecified atom stereocenters. The second kappa shape index (κ2) is 11.8. The monoisotopic (exact) mass is 470 g/mol. The number of carbonyl (C=O) groups excluding carboxylic acids is 2. The van der Waals surface area contributed by atoms with Crippen molar-refractivity contribution in [2.75, 3.05) is 0 Å². The Kier molecular flexibility index (Phi) is 8.12. The van der Waals surface area contributed by atoms with E-state index in [2.05, 4.69) is 45.6 Å². The van der Waals surface area contributed by atoms with Crippen LogP contribution in [0.25, 0.3) is 22.0 Å². The van der Waals surface area contributed by atoms with E-state index < -0.39 is 6.09 Å². The van der Waals surface area contributed by atoms with Crippen molar-refractivity contribution in [1.82, 2.24) is 15.3 Å². The molecule has 0 saturated heterocycles. The van der Waals surface area contributed by atoms with Gasteiger partial charge in [-0.05, 0) is 35.2 Å². The van der Waals surface area contributed by atoms with Gasteiger partial charge in [0.2, 0.25) is 5.91 Å². The number of carbonyl (C=O) groups is 2.